The molecule has 0 bridgehead atoms. The Balaban J connectivity index is 1.91. The van der Waals surface area contributed by atoms with Gasteiger partial charge in [-0.1, -0.05) is 20.3 Å². The van der Waals surface area contributed by atoms with E-state index < -0.39 is 0 Å². The molecule has 1 aromatic heterocycles. The number of aliphatic imine (C=N–C) groups is 1. The van der Waals surface area contributed by atoms with Crippen molar-refractivity contribution in [3.8, 4) is 0 Å². The number of rotatable bonds is 7. The normalized spacial score (nSPS) is 21.2. The first kappa shape index (κ1) is 19.3. The molecular formula is C19H32N4O2. The number of carbonyl (C=O) groups is 1. The van der Waals surface area contributed by atoms with Crippen LogP contribution < -0.4 is 10.6 Å². The van der Waals surface area contributed by atoms with Crippen molar-refractivity contribution in [1.82, 2.24) is 15.5 Å². The van der Waals surface area contributed by atoms with Gasteiger partial charge >= 0.3 is 0 Å². The van der Waals surface area contributed by atoms with Gasteiger partial charge in [0.1, 0.15) is 12.3 Å². The van der Waals surface area contributed by atoms with E-state index in [4.69, 9.17) is 4.42 Å². The third kappa shape index (κ3) is 6.11. The Labute approximate surface area is 151 Å². The van der Waals surface area contributed by atoms with E-state index in [0.717, 1.165) is 31.4 Å². The maximum atomic E-state index is 12.1. The summed E-state index contributed by atoms with van der Waals surface area (Å²) in [5, 5.41) is 6.17. The highest BCUT2D eigenvalue weighted by atomic mass is 16.3. The van der Waals surface area contributed by atoms with Gasteiger partial charge in [0.2, 0.25) is 5.91 Å². The fraction of sp³-hybridized carbons (Fsp3) is 0.684. The summed E-state index contributed by atoms with van der Waals surface area (Å²) < 4.78 is 5.22. The van der Waals surface area contributed by atoms with Gasteiger partial charge in [0, 0.05) is 19.6 Å². The van der Waals surface area contributed by atoms with Gasteiger partial charge in [0.25, 0.3) is 0 Å². The molecule has 6 nitrogen and oxygen atoms in total. The number of nitrogens with one attached hydrogen (secondary N) is 2. The number of furan rings is 1. The quantitative estimate of drug-likeness (QED) is 0.587. The van der Waals surface area contributed by atoms with E-state index in [0.29, 0.717) is 12.0 Å². The van der Waals surface area contributed by atoms with Crippen LogP contribution in [0.15, 0.2) is 27.8 Å². The topological polar surface area (TPSA) is 69.9 Å². The lowest BCUT2D eigenvalue weighted by molar-refractivity contribution is -0.119. The largest absolute Gasteiger partial charge is 0.467 e. The van der Waals surface area contributed by atoms with Gasteiger partial charge in [-0.3, -0.25) is 4.79 Å². The number of carbonyl (C=O) groups excluding carboxylic acids is 1. The van der Waals surface area contributed by atoms with Crippen molar-refractivity contribution in [1.29, 1.82) is 0 Å². The molecule has 1 amide bonds. The zero-order chi connectivity index (χ0) is 18.1. The smallest absolute Gasteiger partial charge is 0.242 e. The summed E-state index contributed by atoms with van der Waals surface area (Å²) in [4.78, 5) is 18.9. The molecule has 1 aliphatic heterocycles. The molecule has 0 spiro atoms. The molecule has 0 aromatic carbocycles. The van der Waals surface area contributed by atoms with Gasteiger partial charge in [0.15, 0.2) is 5.96 Å². The molecule has 0 saturated carbocycles. The molecular weight excluding hydrogens is 316 g/mol. The van der Waals surface area contributed by atoms with Crippen LogP contribution in [0.2, 0.25) is 0 Å². The number of likely N-dealkylation sites (tertiary alicyclic amines) is 1. The molecule has 1 aromatic rings. The minimum absolute atomic E-state index is 0.0971. The second-order valence-electron chi connectivity index (χ2n) is 7.11. The third-order valence-corrected chi connectivity index (χ3v) is 4.68. The van der Waals surface area contributed by atoms with Crippen LogP contribution in [0.4, 0.5) is 0 Å². The number of hydrogen-bond donors (Lipinski definition) is 2. The molecule has 2 rings (SSSR count). The highest BCUT2D eigenvalue weighted by Crippen LogP contribution is 2.33. The van der Waals surface area contributed by atoms with E-state index in [2.05, 4.69) is 41.3 Å². The Bertz CT molecular complexity index is 552. The van der Waals surface area contributed by atoms with Crippen molar-refractivity contribution in [3.63, 3.8) is 0 Å². The molecule has 6 heteroatoms. The van der Waals surface area contributed by atoms with E-state index in [-0.39, 0.29) is 12.5 Å². The summed E-state index contributed by atoms with van der Waals surface area (Å²) in [6.45, 7) is 9.99. The van der Waals surface area contributed by atoms with Crippen molar-refractivity contribution < 1.29 is 9.21 Å². The molecule has 2 N–H and O–H groups in total. The van der Waals surface area contributed by atoms with Gasteiger partial charge in [-0.15, -0.1) is 0 Å². The van der Waals surface area contributed by atoms with Crippen LogP contribution >= 0.6 is 0 Å². The summed E-state index contributed by atoms with van der Waals surface area (Å²) in [5.74, 6) is 1.49. The monoisotopic (exact) mass is 348 g/mol. The molecule has 1 aliphatic rings. The number of nitrogens with zero attached hydrogens (tertiary/aromatic N) is 2. The average molecular weight is 348 g/mol. The number of piperidine rings is 1. The Morgan fingerprint density at radius 2 is 2.24 bits per heavy atom. The van der Waals surface area contributed by atoms with Crippen LogP contribution in [0.3, 0.4) is 0 Å². The van der Waals surface area contributed by atoms with Gasteiger partial charge in [0.05, 0.1) is 12.8 Å². The van der Waals surface area contributed by atoms with Crippen molar-refractivity contribution in [3.05, 3.63) is 24.2 Å². The SMILES string of the molecule is CCCC1(C)CCCN(C(=NCC(=O)NCc2ccco2)NCC)C1. The number of amides is 1. The molecule has 1 saturated heterocycles. The predicted octanol–water partition coefficient (Wildman–Crippen LogP) is 2.76. The zero-order valence-electron chi connectivity index (χ0n) is 15.8. The van der Waals surface area contributed by atoms with Gasteiger partial charge in [-0.2, -0.15) is 0 Å². The zero-order valence-corrected chi connectivity index (χ0v) is 15.8. The third-order valence-electron chi connectivity index (χ3n) is 4.68. The Hall–Kier alpha value is -1.98. The van der Waals surface area contributed by atoms with E-state index in [1.54, 1.807) is 6.26 Å². The van der Waals surface area contributed by atoms with E-state index >= 15 is 0 Å². The fourth-order valence-corrected chi connectivity index (χ4v) is 3.53. The molecule has 140 valence electrons. The highest BCUT2D eigenvalue weighted by Gasteiger charge is 2.31. The van der Waals surface area contributed by atoms with E-state index in [9.17, 15) is 4.79 Å². The van der Waals surface area contributed by atoms with Crippen molar-refractivity contribution in [2.75, 3.05) is 26.2 Å². The minimum Gasteiger partial charge on any atom is -0.467 e. The molecule has 25 heavy (non-hydrogen) atoms. The van der Waals surface area contributed by atoms with Crippen LogP contribution in [-0.2, 0) is 11.3 Å². The maximum Gasteiger partial charge on any atom is 0.242 e. The summed E-state index contributed by atoms with van der Waals surface area (Å²) in [5.41, 5.74) is 0.338. The summed E-state index contributed by atoms with van der Waals surface area (Å²) in [6, 6.07) is 3.66. The Morgan fingerprint density at radius 1 is 1.40 bits per heavy atom. The molecule has 1 atom stereocenters. The minimum atomic E-state index is -0.0971. The molecule has 2 heterocycles. The summed E-state index contributed by atoms with van der Waals surface area (Å²) in [7, 11) is 0. The summed E-state index contributed by atoms with van der Waals surface area (Å²) in [6.07, 6.45) is 6.47. The molecule has 1 unspecified atom stereocenters. The van der Waals surface area contributed by atoms with Crippen LogP contribution in [0.1, 0.15) is 52.2 Å². The van der Waals surface area contributed by atoms with Crippen LogP contribution in [0.5, 0.6) is 0 Å². The number of guanidine groups is 1. The first-order chi connectivity index (χ1) is 12.1. The van der Waals surface area contributed by atoms with Gasteiger partial charge in [-0.25, -0.2) is 4.99 Å². The van der Waals surface area contributed by atoms with Crippen LogP contribution in [0, 0.1) is 5.41 Å². The van der Waals surface area contributed by atoms with E-state index in [1.807, 2.05) is 12.1 Å². The van der Waals surface area contributed by atoms with Gasteiger partial charge in [-0.05, 0) is 43.7 Å². The second-order valence-corrected chi connectivity index (χ2v) is 7.11. The number of hydrogen-bond acceptors (Lipinski definition) is 3. The molecule has 1 fully saturated rings. The first-order valence-corrected chi connectivity index (χ1v) is 9.38. The second kappa shape index (κ2) is 9.49. The average Bonchev–Trinajstić information content (AvgIpc) is 3.10. The lowest BCUT2D eigenvalue weighted by Crippen LogP contribution is -2.50. The highest BCUT2D eigenvalue weighted by molar-refractivity contribution is 5.85. The predicted molar refractivity (Wildman–Crippen MR) is 100 cm³/mol. The van der Waals surface area contributed by atoms with Gasteiger partial charge < -0.3 is 20.0 Å². The van der Waals surface area contributed by atoms with E-state index in [1.165, 1.54) is 25.7 Å². The Morgan fingerprint density at radius 3 is 2.92 bits per heavy atom. The molecule has 0 radical (unpaired) electrons. The lowest BCUT2D eigenvalue weighted by atomic mass is 9.78. The van der Waals surface area contributed by atoms with Crippen LogP contribution in [-0.4, -0.2) is 42.9 Å². The summed E-state index contributed by atoms with van der Waals surface area (Å²) >= 11 is 0. The van der Waals surface area contributed by atoms with Crippen molar-refractivity contribution in [2.24, 2.45) is 10.4 Å². The Kier molecular flexibility index (Phi) is 7.34. The van der Waals surface area contributed by atoms with Crippen LogP contribution in [0.25, 0.3) is 0 Å². The first-order valence-electron chi connectivity index (χ1n) is 9.38. The standard InChI is InChI=1S/C19H32N4O2/c1-4-9-19(3)10-7-11-23(15-19)18(20-5-2)22-14-17(24)21-13-16-8-6-12-25-16/h6,8,12H,4-5,7,9-11,13-15H2,1-3H3,(H,20,22)(H,21,24). The van der Waals surface area contributed by atoms with Crippen molar-refractivity contribution in [2.45, 2.75) is 53.0 Å². The maximum absolute atomic E-state index is 12.1. The lowest BCUT2D eigenvalue weighted by Gasteiger charge is -2.42. The fourth-order valence-electron chi connectivity index (χ4n) is 3.53. The molecule has 0 aliphatic carbocycles. The van der Waals surface area contributed by atoms with Crippen molar-refractivity contribution >= 4 is 11.9 Å².